The number of carbonyl (C=O) groups excluding carboxylic acids is 1. The first kappa shape index (κ1) is 21.4. The van der Waals surface area contributed by atoms with Crippen LogP contribution in [-0.4, -0.2) is 38.1 Å². The van der Waals surface area contributed by atoms with Crippen LogP contribution in [0.3, 0.4) is 0 Å². The van der Waals surface area contributed by atoms with Crippen LogP contribution in [0.4, 0.5) is 0 Å². The molecule has 1 fully saturated rings. The summed E-state index contributed by atoms with van der Waals surface area (Å²) in [5.74, 6) is 1.41. The summed E-state index contributed by atoms with van der Waals surface area (Å²) < 4.78 is 9.14. The summed E-state index contributed by atoms with van der Waals surface area (Å²) in [5.41, 5.74) is 2.87. The second-order valence-electron chi connectivity index (χ2n) is 9.15. The van der Waals surface area contributed by atoms with E-state index in [1.54, 1.807) is 21.5 Å². The van der Waals surface area contributed by atoms with Crippen LogP contribution in [0, 0.1) is 19.8 Å². The Morgan fingerprint density at radius 1 is 1.06 bits per heavy atom. The molecule has 2 aromatic heterocycles. The number of amides is 1. The number of nitrogens with one attached hydrogen (secondary N) is 1. The standard InChI is InChI=1S/C25H29N5O3/c1-16-13-17(2)29(27-16)23-11-12-24(31)30(28-23)21-9-7-20(8-10-21)26-25(32)19-14-18-5-3-4-6-22(18)33-15-19/h3-6,11-13,19-21H,7-10,14-15H2,1-2H3,(H,26,32). The predicted octanol–water partition coefficient (Wildman–Crippen LogP) is 2.90. The van der Waals surface area contributed by atoms with Crippen LogP contribution in [0.2, 0.25) is 0 Å². The zero-order valence-corrected chi connectivity index (χ0v) is 19.0. The van der Waals surface area contributed by atoms with Gasteiger partial charge in [-0.2, -0.15) is 5.10 Å². The Balaban J connectivity index is 1.21. The molecule has 1 N–H and O–H groups in total. The van der Waals surface area contributed by atoms with E-state index < -0.39 is 0 Å². The third kappa shape index (κ3) is 4.42. The zero-order chi connectivity index (χ0) is 22.9. The van der Waals surface area contributed by atoms with Gasteiger partial charge in [-0.1, -0.05) is 18.2 Å². The molecule has 8 nitrogen and oxygen atoms in total. The predicted molar refractivity (Wildman–Crippen MR) is 124 cm³/mol. The van der Waals surface area contributed by atoms with E-state index in [0.29, 0.717) is 18.8 Å². The molecule has 3 heterocycles. The minimum Gasteiger partial charge on any atom is -0.492 e. The van der Waals surface area contributed by atoms with Crippen LogP contribution in [0.1, 0.15) is 48.7 Å². The van der Waals surface area contributed by atoms with E-state index in [2.05, 4.69) is 15.5 Å². The monoisotopic (exact) mass is 447 g/mol. The van der Waals surface area contributed by atoms with Gasteiger partial charge in [-0.3, -0.25) is 9.59 Å². The summed E-state index contributed by atoms with van der Waals surface area (Å²) in [5, 5.41) is 12.3. The van der Waals surface area contributed by atoms with Crippen LogP contribution in [0.25, 0.3) is 5.82 Å². The van der Waals surface area contributed by atoms with Gasteiger partial charge in [0.1, 0.15) is 12.4 Å². The van der Waals surface area contributed by atoms with E-state index in [9.17, 15) is 9.59 Å². The average molecular weight is 448 g/mol. The molecule has 33 heavy (non-hydrogen) atoms. The summed E-state index contributed by atoms with van der Waals surface area (Å²) in [6.45, 7) is 4.32. The number of benzene rings is 1. The first-order valence-corrected chi connectivity index (χ1v) is 11.6. The van der Waals surface area contributed by atoms with Crippen LogP contribution < -0.4 is 15.6 Å². The summed E-state index contributed by atoms with van der Waals surface area (Å²) >= 11 is 0. The molecular formula is C25H29N5O3. The summed E-state index contributed by atoms with van der Waals surface area (Å²) in [7, 11) is 0. The minimum absolute atomic E-state index is 0.0208. The molecule has 1 unspecified atom stereocenters. The topological polar surface area (TPSA) is 91.0 Å². The molecule has 0 bridgehead atoms. The zero-order valence-electron chi connectivity index (χ0n) is 19.0. The second-order valence-corrected chi connectivity index (χ2v) is 9.15. The molecule has 172 valence electrons. The van der Waals surface area contributed by atoms with E-state index in [4.69, 9.17) is 4.74 Å². The highest BCUT2D eigenvalue weighted by Gasteiger charge is 2.30. The van der Waals surface area contributed by atoms with Gasteiger partial charge in [0.05, 0.1) is 17.7 Å². The van der Waals surface area contributed by atoms with Gasteiger partial charge >= 0.3 is 0 Å². The van der Waals surface area contributed by atoms with Gasteiger partial charge in [-0.25, -0.2) is 9.36 Å². The van der Waals surface area contributed by atoms with Crippen molar-refractivity contribution in [2.75, 3.05) is 6.61 Å². The normalized spacial score (nSPS) is 22.3. The molecule has 1 aromatic carbocycles. The van der Waals surface area contributed by atoms with Gasteiger partial charge in [-0.15, -0.1) is 5.10 Å². The van der Waals surface area contributed by atoms with Gasteiger partial charge in [0.2, 0.25) is 5.91 Å². The number of aryl methyl sites for hydroxylation is 2. The molecule has 0 saturated heterocycles. The van der Waals surface area contributed by atoms with Crippen LogP contribution in [0.5, 0.6) is 5.75 Å². The Kier molecular flexibility index (Phi) is 5.74. The Morgan fingerprint density at radius 2 is 1.85 bits per heavy atom. The fourth-order valence-electron chi connectivity index (χ4n) is 4.93. The van der Waals surface area contributed by atoms with E-state index in [1.807, 2.05) is 44.2 Å². The van der Waals surface area contributed by atoms with Crippen molar-refractivity contribution in [3.63, 3.8) is 0 Å². The van der Waals surface area contributed by atoms with Crippen molar-refractivity contribution < 1.29 is 9.53 Å². The maximum Gasteiger partial charge on any atom is 0.267 e. The average Bonchev–Trinajstić information content (AvgIpc) is 3.17. The number of hydrogen-bond donors (Lipinski definition) is 1. The molecule has 5 rings (SSSR count). The van der Waals surface area contributed by atoms with Crippen molar-refractivity contribution in [2.45, 2.75) is 58.0 Å². The maximum absolute atomic E-state index is 12.8. The van der Waals surface area contributed by atoms with Gasteiger partial charge in [0, 0.05) is 17.8 Å². The van der Waals surface area contributed by atoms with Gasteiger partial charge in [-0.05, 0) is 69.7 Å². The van der Waals surface area contributed by atoms with Crippen molar-refractivity contribution >= 4 is 5.91 Å². The van der Waals surface area contributed by atoms with Crippen molar-refractivity contribution in [3.05, 3.63) is 69.8 Å². The molecule has 0 radical (unpaired) electrons. The SMILES string of the molecule is Cc1cc(C)n(-c2ccc(=O)n(C3CCC(NC(=O)C4COc5ccccc5C4)CC3)n2)n1. The lowest BCUT2D eigenvalue weighted by Gasteiger charge is -2.31. The molecule has 1 aliphatic heterocycles. The summed E-state index contributed by atoms with van der Waals surface area (Å²) in [4.78, 5) is 25.4. The van der Waals surface area contributed by atoms with E-state index >= 15 is 0 Å². The molecule has 0 spiro atoms. The lowest BCUT2D eigenvalue weighted by atomic mass is 9.90. The molecule has 1 saturated carbocycles. The Hall–Kier alpha value is -3.42. The maximum atomic E-state index is 12.8. The fraction of sp³-hybridized carbons (Fsp3) is 0.440. The first-order valence-electron chi connectivity index (χ1n) is 11.6. The molecule has 8 heteroatoms. The molecule has 1 amide bonds. The number of aromatic nitrogens is 4. The van der Waals surface area contributed by atoms with Gasteiger partial charge < -0.3 is 10.1 Å². The number of nitrogens with zero attached hydrogens (tertiary/aromatic N) is 4. The number of hydrogen-bond acceptors (Lipinski definition) is 5. The Morgan fingerprint density at radius 3 is 2.61 bits per heavy atom. The number of ether oxygens (including phenoxy) is 1. The molecule has 1 atom stereocenters. The van der Waals surface area contributed by atoms with Crippen molar-refractivity contribution in [3.8, 4) is 11.6 Å². The third-order valence-electron chi connectivity index (χ3n) is 6.68. The number of rotatable bonds is 4. The second kappa shape index (κ2) is 8.84. The fourth-order valence-corrected chi connectivity index (χ4v) is 4.93. The highest BCUT2D eigenvalue weighted by molar-refractivity contribution is 5.80. The molecule has 1 aliphatic carbocycles. The van der Waals surface area contributed by atoms with Crippen LogP contribution in [0.15, 0.2) is 47.3 Å². The van der Waals surface area contributed by atoms with Crippen LogP contribution >= 0.6 is 0 Å². The van der Waals surface area contributed by atoms with E-state index in [1.165, 1.54) is 0 Å². The lowest BCUT2D eigenvalue weighted by Crippen LogP contribution is -2.44. The van der Waals surface area contributed by atoms with E-state index in [0.717, 1.165) is 48.4 Å². The summed E-state index contributed by atoms with van der Waals surface area (Å²) in [6.07, 6.45) is 3.93. The van der Waals surface area contributed by atoms with Crippen LogP contribution in [-0.2, 0) is 11.2 Å². The Bertz CT molecular complexity index is 1220. The van der Waals surface area contributed by atoms with Crippen molar-refractivity contribution in [2.24, 2.45) is 5.92 Å². The molecule has 2 aliphatic rings. The highest BCUT2D eigenvalue weighted by atomic mass is 16.5. The quantitative estimate of drug-likeness (QED) is 0.664. The number of para-hydroxylation sites is 1. The van der Waals surface area contributed by atoms with E-state index in [-0.39, 0.29) is 29.5 Å². The lowest BCUT2D eigenvalue weighted by molar-refractivity contribution is -0.127. The molecule has 3 aromatic rings. The Labute approximate surface area is 192 Å². The molecular weight excluding hydrogens is 418 g/mol. The van der Waals surface area contributed by atoms with Gasteiger partial charge in [0.15, 0.2) is 5.82 Å². The smallest absolute Gasteiger partial charge is 0.267 e. The first-order chi connectivity index (χ1) is 16.0. The minimum atomic E-state index is -0.167. The third-order valence-corrected chi connectivity index (χ3v) is 6.68. The number of fused-ring (bicyclic) bond motifs is 1. The highest BCUT2D eigenvalue weighted by Crippen LogP contribution is 2.29. The van der Waals surface area contributed by atoms with Gasteiger partial charge in [0.25, 0.3) is 5.56 Å². The largest absolute Gasteiger partial charge is 0.492 e. The summed E-state index contributed by atoms with van der Waals surface area (Å²) in [6, 6.07) is 13.3. The number of carbonyl (C=O) groups is 1. The van der Waals surface area contributed by atoms with Crippen molar-refractivity contribution in [1.82, 2.24) is 24.9 Å². The van der Waals surface area contributed by atoms with Crippen molar-refractivity contribution in [1.29, 1.82) is 0 Å².